The van der Waals surface area contributed by atoms with Gasteiger partial charge in [0.25, 0.3) is 0 Å². The van der Waals surface area contributed by atoms with Gasteiger partial charge >= 0.3 is 0 Å². The molecule has 1 atom stereocenters. The minimum Gasteiger partial charge on any atom is -0.493 e. The smallest absolute Gasteiger partial charge is 0.247 e. The SMILES string of the molecule is COc1cc(NC(=O)C(C)n2cnc3ccccc32)cc(OC)c1OC. The number of benzene rings is 2. The molecule has 0 radical (unpaired) electrons. The predicted molar refractivity (Wildman–Crippen MR) is 99.2 cm³/mol. The number of methoxy groups -OCH3 is 3. The third-order valence-electron chi connectivity index (χ3n) is 4.21. The van der Waals surface area contributed by atoms with Gasteiger partial charge in [-0.1, -0.05) is 12.1 Å². The number of para-hydroxylation sites is 2. The van der Waals surface area contributed by atoms with Crippen molar-refractivity contribution in [2.24, 2.45) is 0 Å². The fraction of sp³-hybridized carbons (Fsp3) is 0.263. The van der Waals surface area contributed by atoms with Crippen LogP contribution in [0.15, 0.2) is 42.7 Å². The van der Waals surface area contributed by atoms with Crippen LogP contribution in [0.5, 0.6) is 17.2 Å². The first kappa shape index (κ1) is 17.6. The number of hydrogen-bond donors (Lipinski definition) is 1. The second-order valence-electron chi connectivity index (χ2n) is 5.72. The van der Waals surface area contributed by atoms with E-state index in [1.165, 1.54) is 21.3 Å². The van der Waals surface area contributed by atoms with Gasteiger partial charge in [0.05, 0.1) is 38.7 Å². The molecule has 1 amide bonds. The van der Waals surface area contributed by atoms with E-state index in [0.717, 1.165) is 11.0 Å². The summed E-state index contributed by atoms with van der Waals surface area (Å²) in [6, 6.07) is 10.6. The molecule has 2 aromatic carbocycles. The van der Waals surface area contributed by atoms with Gasteiger partial charge < -0.3 is 24.1 Å². The third kappa shape index (κ3) is 3.15. The number of carbonyl (C=O) groups is 1. The first-order valence-corrected chi connectivity index (χ1v) is 8.11. The maximum Gasteiger partial charge on any atom is 0.247 e. The molecule has 0 aliphatic rings. The standard InChI is InChI=1S/C19H21N3O4/c1-12(22-11-20-14-7-5-6-8-15(14)22)19(23)21-13-9-16(24-2)18(26-4)17(10-13)25-3/h5-12H,1-4H3,(H,21,23). The number of carbonyl (C=O) groups excluding carboxylic acids is 1. The van der Waals surface area contributed by atoms with E-state index >= 15 is 0 Å². The van der Waals surface area contributed by atoms with Crippen molar-refractivity contribution in [3.63, 3.8) is 0 Å². The molecule has 26 heavy (non-hydrogen) atoms. The highest BCUT2D eigenvalue weighted by Crippen LogP contribution is 2.40. The molecule has 1 aromatic heterocycles. The Morgan fingerprint density at radius 2 is 1.73 bits per heavy atom. The molecule has 7 nitrogen and oxygen atoms in total. The van der Waals surface area contributed by atoms with Gasteiger partial charge in [-0.25, -0.2) is 4.98 Å². The Labute approximate surface area is 151 Å². The third-order valence-corrected chi connectivity index (χ3v) is 4.21. The molecule has 7 heteroatoms. The average molecular weight is 355 g/mol. The normalized spacial score (nSPS) is 11.8. The zero-order valence-corrected chi connectivity index (χ0v) is 15.1. The van der Waals surface area contributed by atoms with Crippen LogP contribution in [0.4, 0.5) is 5.69 Å². The molecule has 0 aliphatic carbocycles. The van der Waals surface area contributed by atoms with Crippen LogP contribution in [0.1, 0.15) is 13.0 Å². The Morgan fingerprint density at radius 1 is 1.08 bits per heavy atom. The zero-order chi connectivity index (χ0) is 18.7. The summed E-state index contributed by atoms with van der Waals surface area (Å²) >= 11 is 0. The fourth-order valence-corrected chi connectivity index (χ4v) is 2.81. The van der Waals surface area contributed by atoms with E-state index in [-0.39, 0.29) is 5.91 Å². The first-order valence-electron chi connectivity index (χ1n) is 8.11. The van der Waals surface area contributed by atoms with Crippen molar-refractivity contribution in [3.8, 4) is 17.2 Å². The quantitative estimate of drug-likeness (QED) is 0.735. The summed E-state index contributed by atoms with van der Waals surface area (Å²) in [7, 11) is 4.59. The Bertz CT molecular complexity index is 910. The lowest BCUT2D eigenvalue weighted by molar-refractivity contribution is -0.118. The lowest BCUT2D eigenvalue weighted by atomic mass is 10.2. The van der Waals surface area contributed by atoms with E-state index in [4.69, 9.17) is 14.2 Å². The van der Waals surface area contributed by atoms with Gasteiger partial charge in [0, 0.05) is 17.8 Å². The molecule has 0 saturated heterocycles. The minimum absolute atomic E-state index is 0.178. The molecule has 0 bridgehead atoms. The Balaban J connectivity index is 1.87. The molecule has 136 valence electrons. The molecule has 0 saturated carbocycles. The van der Waals surface area contributed by atoms with Gasteiger partial charge in [0.2, 0.25) is 11.7 Å². The summed E-state index contributed by atoms with van der Waals surface area (Å²) in [6.07, 6.45) is 1.67. The highest BCUT2D eigenvalue weighted by Gasteiger charge is 2.19. The molecular weight excluding hydrogens is 334 g/mol. The maximum atomic E-state index is 12.7. The number of anilines is 1. The van der Waals surface area contributed by atoms with Gasteiger partial charge in [-0.2, -0.15) is 0 Å². The number of fused-ring (bicyclic) bond motifs is 1. The summed E-state index contributed by atoms with van der Waals surface area (Å²) in [5.74, 6) is 1.25. The van der Waals surface area contributed by atoms with Crippen LogP contribution in [-0.2, 0) is 4.79 Å². The number of amides is 1. The van der Waals surface area contributed by atoms with Crippen molar-refractivity contribution in [1.82, 2.24) is 9.55 Å². The average Bonchev–Trinajstić information content (AvgIpc) is 3.10. The number of ether oxygens (including phenoxy) is 3. The van der Waals surface area contributed by atoms with E-state index in [0.29, 0.717) is 22.9 Å². The van der Waals surface area contributed by atoms with Gasteiger partial charge in [-0.15, -0.1) is 0 Å². The summed E-state index contributed by atoms with van der Waals surface area (Å²) < 4.78 is 17.8. The number of nitrogens with one attached hydrogen (secondary N) is 1. The Hall–Kier alpha value is -3.22. The molecule has 0 spiro atoms. The van der Waals surface area contributed by atoms with Crippen molar-refractivity contribution < 1.29 is 19.0 Å². The van der Waals surface area contributed by atoms with Gasteiger partial charge in [0.15, 0.2) is 11.5 Å². The predicted octanol–water partition coefficient (Wildman–Crippen LogP) is 3.26. The number of nitrogens with zero attached hydrogens (tertiary/aromatic N) is 2. The summed E-state index contributed by atoms with van der Waals surface area (Å²) in [4.78, 5) is 17.1. The lowest BCUT2D eigenvalue weighted by Crippen LogP contribution is -2.23. The van der Waals surface area contributed by atoms with Gasteiger partial charge in [-0.05, 0) is 19.1 Å². The van der Waals surface area contributed by atoms with E-state index in [9.17, 15) is 4.79 Å². The van der Waals surface area contributed by atoms with Crippen LogP contribution in [0, 0.1) is 0 Å². The molecular formula is C19H21N3O4. The van der Waals surface area contributed by atoms with E-state index in [1.54, 1.807) is 18.5 Å². The maximum absolute atomic E-state index is 12.7. The summed E-state index contributed by atoms with van der Waals surface area (Å²) in [5.41, 5.74) is 2.31. The summed E-state index contributed by atoms with van der Waals surface area (Å²) in [5, 5.41) is 2.89. The molecule has 3 rings (SSSR count). The highest BCUT2D eigenvalue weighted by molar-refractivity contribution is 5.95. The van der Waals surface area contributed by atoms with E-state index in [1.807, 2.05) is 35.8 Å². The number of aromatic nitrogens is 2. The number of imidazole rings is 1. The van der Waals surface area contributed by atoms with Crippen molar-refractivity contribution in [1.29, 1.82) is 0 Å². The molecule has 0 fully saturated rings. The zero-order valence-electron chi connectivity index (χ0n) is 15.1. The van der Waals surface area contributed by atoms with Crippen molar-refractivity contribution >= 4 is 22.6 Å². The molecule has 1 heterocycles. The Morgan fingerprint density at radius 3 is 2.35 bits per heavy atom. The Kier molecular flexibility index (Phi) is 4.97. The minimum atomic E-state index is -0.443. The second kappa shape index (κ2) is 7.35. The second-order valence-corrected chi connectivity index (χ2v) is 5.72. The van der Waals surface area contributed by atoms with Crippen molar-refractivity contribution in [2.45, 2.75) is 13.0 Å². The summed E-state index contributed by atoms with van der Waals surface area (Å²) in [6.45, 7) is 1.82. The first-order chi connectivity index (χ1) is 12.6. The van der Waals surface area contributed by atoms with Gasteiger partial charge in [-0.3, -0.25) is 4.79 Å². The van der Waals surface area contributed by atoms with Crippen LogP contribution in [-0.4, -0.2) is 36.8 Å². The van der Waals surface area contributed by atoms with E-state index < -0.39 is 6.04 Å². The van der Waals surface area contributed by atoms with Gasteiger partial charge in [0.1, 0.15) is 6.04 Å². The molecule has 1 unspecified atom stereocenters. The topological polar surface area (TPSA) is 74.6 Å². The monoisotopic (exact) mass is 355 g/mol. The highest BCUT2D eigenvalue weighted by atomic mass is 16.5. The molecule has 0 aliphatic heterocycles. The van der Waals surface area contributed by atoms with Crippen LogP contribution in [0.2, 0.25) is 0 Å². The lowest BCUT2D eigenvalue weighted by Gasteiger charge is -2.17. The van der Waals surface area contributed by atoms with Crippen molar-refractivity contribution in [3.05, 3.63) is 42.7 Å². The van der Waals surface area contributed by atoms with Crippen LogP contribution in [0.3, 0.4) is 0 Å². The van der Waals surface area contributed by atoms with E-state index in [2.05, 4.69) is 10.3 Å². The number of rotatable bonds is 6. The van der Waals surface area contributed by atoms with Crippen molar-refractivity contribution in [2.75, 3.05) is 26.6 Å². The largest absolute Gasteiger partial charge is 0.493 e. The molecule has 3 aromatic rings. The number of hydrogen-bond acceptors (Lipinski definition) is 5. The molecule has 1 N–H and O–H groups in total. The van der Waals surface area contributed by atoms with Crippen LogP contribution < -0.4 is 19.5 Å². The van der Waals surface area contributed by atoms with Crippen LogP contribution in [0.25, 0.3) is 11.0 Å². The fourth-order valence-electron chi connectivity index (χ4n) is 2.81. The van der Waals surface area contributed by atoms with Crippen LogP contribution >= 0.6 is 0 Å².